The summed E-state index contributed by atoms with van der Waals surface area (Å²) in [4.78, 5) is 4.76. The molecule has 0 atom stereocenters. The molecule has 0 N–H and O–H groups in total. The van der Waals surface area contributed by atoms with Gasteiger partial charge in [-0.3, -0.25) is 4.98 Å². The van der Waals surface area contributed by atoms with E-state index in [1.54, 1.807) is 0 Å². The van der Waals surface area contributed by atoms with Gasteiger partial charge in [-0.1, -0.05) is 121 Å². The van der Waals surface area contributed by atoms with Crippen molar-refractivity contribution in [1.29, 1.82) is 0 Å². The zero-order valence-electron chi connectivity index (χ0n) is 23.5. The number of hydrogen-bond donors (Lipinski definition) is 0. The molecule has 0 unspecified atom stereocenters. The molecule has 0 spiro atoms. The second kappa shape index (κ2) is 17.5. The van der Waals surface area contributed by atoms with Crippen molar-refractivity contribution in [3.63, 3.8) is 0 Å². The van der Waals surface area contributed by atoms with Crippen molar-refractivity contribution >= 4 is 0 Å². The van der Waals surface area contributed by atoms with Gasteiger partial charge in [-0.15, -0.1) is 0 Å². The first kappa shape index (κ1) is 28.7. The minimum absolute atomic E-state index is 0.828. The van der Waals surface area contributed by atoms with Crippen molar-refractivity contribution < 1.29 is 0 Å². The molecule has 1 aliphatic rings. The SMILES string of the molecule is CCCCCCCCCc1ccc(-c2ccc(CCC=CC3CCC(CCCCC)CC3)cc2)nc1. The fraction of sp³-hybridized carbons (Fsp3) is 0.629. The summed E-state index contributed by atoms with van der Waals surface area (Å²) in [5.41, 5.74) is 5.13. The third-order valence-corrected chi connectivity index (χ3v) is 8.26. The topological polar surface area (TPSA) is 12.9 Å². The minimum atomic E-state index is 0.828. The van der Waals surface area contributed by atoms with Crippen LogP contribution < -0.4 is 0 Å². The van der Waals surface area contributed by atoms with Crippen LogP contribution in [0.1, 0.15) is 128 Å². The number of pyridine rings is 1. The van der Waals surface area contributed by atoms with E-state index in [2.05, 4.69) is 68.6 Å². The van der Waals surface area contributed by atoms with E-state index in [0.29, 0.717) is 0 Å². The van der Waals surface area contributed by atoms with Gasteiger partial charge in [0, 0.05) is 11.8 Å². The molecule has 1 heteroatoms. The van der Waals surface area contributed by atoms with Crippen LogP contribution in [-0.4, -0.2) is 4.98 Å². The lowest BCUT2D eigenvalue weighted by Crippen LogP contribution is -2.13. The second-order valence-corrected chi connectivity index (χ2v) is 11.4. The molecule has 0 amide bonds. The molecule has 1 aromatic carbocycles. The Balaban J connectivity index is 1.32. The molecule has 1 aromatic heterocycles. The zero-order valence-corrected chi connectivity index (χ0v) is 23.5. The van der Waals surface area contributed by atoms with Gasteiger partial charge in [-0.25, -0.2) is 0 Å². The molecule has 0 saturated heterocycles. The molecule has 0 radical (unpaired) electrons. The summed E-state index contributed by atoms with van der Waals surface area (Å²) in [7, 11) is 0. The van der Waals surface area contributed by atoms with Gasteiger partial charge in [0.15, 0.2) is 0 Å². The van der Waals surface area contributed by atoms with Crippen LogP contribution in [-0.2, 0) is 12.8 Å². The van der Waals surface area contributed by atoms with Crippen LogP contribution in [0.2, 0.25) is 0 Å². The monoisotopic (exact) mass is 487 g/mol. The van der Waals surface area contributed by atoms with Gasteiger partial charge < -0.3 is 0 Å². The van der Waals surface area contributed by atoms with Gasteiger partial charge in [0.2, 0.25) is 0 Å². The van der Waals surface area contributed by atoms with Crippen LogP contribution in [0, 0.1) is 11.8 Å². The average Bonchev–Trinajstić information content (AvgIpc) is 2.92. The summed E-state index contributed by atoms with van der Waals surface area (Å²) in [6, 6.07) is 13.6. The van der Waals surface area contributed by atoms with E-state index in [1.165, 1.54) is 113 Å². The van der Waals surface area contributed by atoms with Crippen LogP contribution in [0.3, 0.4) is 0 Å². The highest BCUT2D eigenvalue weighted by molar-refractivity contribution is 5.59. The maximum atomic E-state index is 4.76. The first-order valence-corrected chi connectivity index (χ1v) is 15.5. The number of rotatable bonds is 17. The molecule has 0 aliphatic heterocycles. The van der Waals surface area contributed by atoms with Crippen LogP contribution in [0.25, 0.3) is 11.3 Å². The molecule has 3 rings (SSSR count). The Kier molecular flexibility index (Phi) is 14.0. The standard InChI is InChI=1S/C35H53N/c1-3-5-7-8-9-10-12-18-33-25-28-35(36-29-33)34-26-23-32(24-27-34)17-14-13-16-31-21-19-30(20-22-31)15-11-6-4-2/h13,16,23-31H,3-12,14-15,17-22H2,1-2H3. The minimum Gasteiger partial charge on any atom is -0.256 e. The maximum Gasteiger partial charge on any atom is 0.0702 e. The molecule has 1 heterocycles. The van der Waals surface area contributed by atoms with Crippen molar-refractivity contribution in [3.8, 4) is 11.3 Å². The molecule has 2 aromatic rings. The first-order chi connectivity index (χ1) is 17.8. The van der Waals surface area contributed by atoms with E-state index in [-0.39, 0.29) is 0 Å². The van der Waals surface area contributed by atoms with Gasteiger partial charge in [0.25, 0.3) is 0 Å². The third-order valence-electron chi connectivity index (χ3n) is 8.26. The van der Waals surface area contributed by atoms with E-state index in [4.69, 9.17) is 4.98 Å². The van der Waals surface area contributed by atoms with Crippen molar-refractivity contribution in [3.05, 3.63) is 65.9 Å². The number of unbranched alkanes of at least 4 members (excludes halogenated alkanes) is 8. The zero-order chi connectivity index (χ0) is 25.3. The fourth-order valence-electron chi connectivity index (χ4n) is 5.76. The summed E-state index contributed by atoms with van der Waals surface area (Å²) in [5, 5.41) is 0. The summed E-state index contributed by atoms with van der Waals surface area (Å²) < 4.78 is 0. The number of hydrogen-bond acceptors (Lipinski definition) is 1. The smallest absolute Gasteiger partial charge is 0.0702 e. The Bertz CT molecular complexity index is 824. The predicted octanol–water partition coefficient (Wildman–Crippen LogP) is 10.9. The van der Waals surface area contributed by atoms with E-state index >= 15 is 0 Å². The van der Waals surface area contributed by atoms with Crippen molar-refractivity contribution in [2.75, 3.05) is 0 Å². The van der Waals surface area contributed by atoms with Gasteiger partial charge >= 0.3 is 0 Å². The average molecular weight is 488 g/mol. The van der Waals surface area contributed by atoms with Crippen LogP contribution in [0.5, 0.6) is 0 Å². The lowest BCUT2D eigenvalue weighted by Gasteiger charge is -2.26. The number of benzene rings is 1. The van der Waals surface area contributed by atoms with E-state index in [1.807, 2.05) is 0 Å². The quantitative estimate of drug-likeness (QED) is 0.160. The summed E-state index contributed by atoms with van der Waals surface area (Å²) >= 11 is 0. The van der Waals surface area contributed by atoms with E-state index < -0.39 is 0 Å². The number of allylic oxidation sites excluding steroid dienone is 2. The maximum absolute atomic E-state index is 4.76. The molecule has 1 fully saturated rings. The second-order valence-electron chi connectivity index (χ2n) is 11.4. The lowest BCUT2D eigenvalue weighted by molar-refractivity contribution is 0.289. The Morgan fingerprint density at radius 2 is 1.36 bits per heavy atom. The largest absolute Gasteiger partial charge is 0.256 e. The Morgan fingerprint density at radius 1 is 0.694 bits per heavy atom. The normalized spacial score (nSPS) is 18.2. The van der Waals surface area contributed by atoms with Crippen molar-refractivity contribution in [1.82, 2.24) is 4.98 Å². The summed E-state index contributed by atoms with van der Waals surface area (Å²) in [5.74, 6) is 1.84. The molecule has 198 valence electrons. The van der Waals surface area contributed by atoms with E-state index in [0.717, 1.165) is 36.8 Å². The predicted molar refractivity (Wildman–Crippen MR) is 158 cm³/mol. The lowest BCUT2D eigenvalue weighted by atomic mass is 9.79. The molecule has 0 bridgehead atoms. The van der Waals surface area contributed by atoms with Crippen molar-refractivity contribution in [2.45, 2.75) is 129 Å². The van der Waals surface area contributed by atoms with Gasteiger partial charge in [0.05, 0.1) is 5.69 Å². The van der Waals surface area contributed by atoms with E-state index in [9.17, 15) is 0 Å². The van der Waals surface area contributed by atoms with Crippen LogP contribution >= 0.6 is 0 Å². The molecule has 1 nitrogen and oxygen atoms in total. The first-order valence-electron chi connectivity index (χ1n) is 15.5. The van der Waals surface area contributed by atoms with Crippen molar-refractivity contribution in [2.24, 2.45) is 11.8 Å². The summed E-state index contributed by atoms with van der Waals surface area (Å²) in [6.45, 7) is 4.59. The molecular weight excluding hydrogens is 434 g/mol. The summed E-state index contributed by atoms with van der Waals surface area (Å²) in [6.07, 6.45) is 31.5. The van der Waals surface area contributed by atoms with Gasteiger partial charge in [-0.05, 0) is 80.4 Å². The fourth-order valence-corrected chi connectivity index (χ4v) is 5.76. The highest BCUT2D eigenvalue weighted by atomic mass is 14.7. The number of nitrogens with zero attached hydrogens (tertiary/aromatic N) is 1. The molecule has 1 aliphatic carbocycles. The Morgan fingerprint density at radius 3 is 2.06 bits per heavy atom. The van der Waals surface area contributed by atoms with Crippen LogP contribution in [0.4, 0.5) is 0 Å². The highest BCUT2D eigenvalue weighted by Gasteiger charge is 2.18. The third kappa shape index (κ3) is 11.0. The van der Waals surface area contributed by atoms with Gasteiger partial charge in [0.1, 0.15) is 0 Å². The molecule has 36 heavy (non-hydrogen) atoms. The molecule has 1 saturated carbocycles. The Hall–Kier alpha value is -1.89. The highest BCUT2D eigenvalue weighted by Crippen LogP contribution is 2.32. The number of aromatic nitrogens is 1. The van der Waals surface area contributed by atoms with Crippen LogP contribution in [0.15, 0.2) is 54.7 Å². The molecular formula is C35H53N. The Labute approximate surface area is 223 Å². The van der Waals surface area contributed by atoms with Gasteiger partial charge in [-0.2, -0.15) is 0 Å². The number of aryl methyl sites for hydroxylation is 2.